The van der Waals surface area contributed by atoms with E-state index in [2.05, 4.69) is 5.32 Å². The van der Waals surface area contributed by atoms with E-state index in [1.165, 1.54) is 0 Å². The third-order valence-corrected chi connectivity index (χ3v) is 3.45. The molecule has 1 amide bonds. The minimum atomic E-state index is -1.02. The molecular formula is C15H19N3O3. The van der Waals surface area contributed by atoms with Gasteiger partial charge in [0.05, 0.1) is 11.6 Å². The van der Waals surface area contributed by atoms with Crippen molar-refractivity contribution >= 4 is 17.6 Å². The van der Waals surface area contributed by atoms with Gasteiger partial charge in [0, 0.05) is 18.7 Å². The molecule has 112 valence electrons. The number of carbonyl (C=O) groups excluding carboxylic acids is 1. The lowest BCUT2D eigenvalue weighted by atomic mass is 10.0. The van der Waals surface area contributed by atoms with Gasteiger partial charge in [-0.1, -0.05) is 0 Å². The Bertz CT molecular complexity index is 559. The maximum Gasteiger partial charge on any atom is 0.323 e. The van der Waals surface area contributed by atoms with Crippen LogP contribution in [0.1, 0.15) is 25.8 Å². The van der Waals surface area contributed by atoms with E-state index in [-0.39, 0.29) is 12.3 Å². The standard InChI is InChI=1S/C15H19N3O3/c1-15(2,14(20)21)18(3)9-8-13(19)17-12-6-4-11(10-16)5-7-12/h4-7H,8-9H2,1-3H3,(H,17,19)(H,20,21). The van der Waals surface area contributed by atoms with Gasteiger partial charge in [-0.05, 0) is 45.2 Å². The molecular weight excluding hydrogens is 270 g/mol. The highest BCUT2D eigenvalue weighted by Crippen LogP contribution is 2.13. The van der Waals surface area contributed by atoms with Crippen molar-refractivity contribution in [1.82, 2.24) is 4.90 Å². The molecule has 0 saturated heterocycles. The Balaban J connectivity index is 2.51. The Morgan fingerprint density at radius 1 is 1.33 bits per heavy atom. The van der Waals surface area contributed by atoms with E-state index >= 15 is 0 Å². The Kier molecular flexibility index (Phi) is 5.44. The van der Waals surface area contributed by atoms with Gasteiger partial charge >= 0.3 is 5.97 Å². The van der Waals surface area contributed by atoms with Gasteiger partial charge in [-0.25, -0.2) is 0 Å². The molecule has 0 radical (unpaired) electrons. The second kappa shape index (κ2) is 6.86. The lowest BCUT2D eigenvalue weighted by Gasteiger charge is -2.31. The van der Waals surface area contributed by atoms with Gasteiger partial charge < -0.3 is 10.4 Å². The number of carbonyl (C=O) groups is 2. The molecule has 21 heavy (non-hydrogen) atoms. The van der Waals surface area contributed by atoms with E-state index in [9.17, 15) is 9.59 Å². The maximum absolute atomic E-state index is 11.8. The van der Waals surface area contributed by atoms with Gasteiger partial charge in [0.25, 0.3) is 0 Å². The van der Waals surface area contributed by atoms with Crippen LogP contribution < -0.4 is 5.32 Å². The summed E-state index contributed by atoms with van der Waals surface area (Å²) in [5, 5.41) is 20.5. The molecule has 6 nitrogen and oxygen atoms in total. The fourth-order valence-corrected chi connectivity index (χ4v) is 1.56. The summed E-state index contributed by atoms with van der Waals surface area (Å²) in [7, 11) is 1.67. The number of carboxylic acids is 1. The minimum absolute atomic E-state index is 0.188. The number of benzene rings is 1. The summed E-state index contributed by atoms with van der Waals surface area (Å²) in [6.07, 6.45) is 0.188. The molecule has 0 aliphatic heterocycles. The molecule has 1 aromatic rings. The number of amides is 1. The summed E-state index contributed by atoms with van der Waals surface area (Å²) in [5.74, 6) is -1.13. The number of carboxylic acid groups (broad SMARTS) is 1. The molecule has 0 unspecified atom stereocenters. The van der Waals surface area contributed by atoms with E-state index in [1.807, 2.05) is 6.07 Å². The molecule has 0 atom stereocenters. The minimum Gasteiger partial charge on any atom is -0.480 e. The molecule has 2 N–H and O–H groups in total. The maximum atomic E-state index is 11.8. The van der Waals surface area contributed by atoms with Crippen molar-refractivity contribution in [3.63, 3.8) is 0 Å². The van der Waals surface area contributed by atoms with Crippen molar-refractivity contribution in [2.24, 2.45) is 0 Å². The Labute approximate surface area is 124 Å². The van der Waals surface area contributed by atoms with Gasteiger partial charge in [-0.15, -0.1) is 0 Å². The van der Waals surface area contributed by atoms with Crippen LogP contribution in [-0.2, 0) is 9.59 Å². The Morgan fingerprint density at radius 3 is 2.38 bits per heavy atom. The van der Waals surface area contributed by atoms with Gasteiger partial charge in [-0.3, -0.25) is 14.5 Å². The fourth-order valence-electron chi connectivity index (χ4n) is 1.56. The van der Waals surface area contributed by atoms with Crippen LogP contribution in [0, 0.1) is 11.3 Å². The second-order valence-corrected chi connectivity index (χ2v) is 5.27. The molecule has 0 bridgehead atoms. The molecule has 0 fully saturated rings. The number of rotatable bonds is 6. The van der Waals surface area contributed by atoms with Crippen molar-refractivity contribution in [1.29, 1.82) is 5.26 Å². The largest absolute Gasteiger partial charge is 0.480 e. The van der Waals surface area contributed by atoms with Gasteiger partial charge in [0.1, 0.15) is 5.54 Å². The number of aliphatic carboxylic acids is 1. The van der Waals surface area contributed by atoms with Crippen molar-refractivity contribution < 1.29 is 14.7 Å². The van der Waals surface area contributed by atoms with Crippen LogP contribution in [0.5, 0.6) is 0 Å². The van der Waals surface area contributed by atoms with Crippen molar-refractivity contribution in [3.8, 4) is 6.07 Å². The van der Waals surface area contributed by atoms with Crippen LogP contribution in [0.25, 0.3) is 0 Å². The molecule has 6 heteroatoms. The van der Waals surface area contributed by atoms with Crippen LogP contribution in [0.4, 0.5) is 5.69 Å². The Morgan fingerprint density at radius 2 is 1.90 bits per heavy atom. The summed E-state index contributed by atoms with van der Waals surface area (Å²) in [6, 6.07) is 8.55. The first-order valence-electron chi connectivity index (χ1n) is 6.52. The average molecular weight is 289 g/mol. The van der Waals surface area contributed by atoms with Crippen LogP contribution >= 0.6 is 0 Å². The molecule has 0 spiro atoms. The molecule has 0 aromatic heterocycles. The van der Waals surface area contributed by atoms with Crippen molar-refractivity contribution in [3.05, 3.63) is 29.8 Å². The van der Waals surface area contributed by atoms with E-state index in [0.29, 0.717) is 17.8 Å². The number of hydrogen-bond donors (Lipinski definition) is 2. The predicted octanol–water partition coefficient (Wildman–Crippen LogP) is 1.68. The smallest absolute Gasteiger partial charge is 0.323 e. The van der Waals surface area contributed by atoms with E-state index in [0.717, 1.165) is 0 Å². The summed E-state index contributed by atoms with van der Waals surface area (Å²) < 4.78 is 0. The lowest BCUT2D eigenvalue weighted by molar-refractivity contribution is -0.148. The van der Waals surface area contributed by atoms with Gasteiger partial charge in [0.2, 0.25) is 5.91 Å². The average Bonchev–Trinajstić information content (AvgIpc) is 2.45. The quantitative estimate of drug-likeness (QED) is 0.831. The summed E-state index contributed by atoms with van der Waals surface area (Å²) in [4.78, 5) is 24.5. The first-order valence-corrected chi connectivity index (χ1v) is 6.52. The van der Waals surface area contributed by atoms with Crippen LogP contribution in [0.3, 0.4) is 0 Å². The first-order chi connectivity index (χ1) is 9.77. The highest BCUT2D eigenvalue weighted by Gasteiger charge is 2.31. The number of nitrogens with zero attached hydrogens (tertiary/aromatic N) is 2. The number of nitriles is 1. The fraction of sp³-hybridized carbons (Fsp3) is 0.400. The van der Waals surface area contributed by atoms with E-state index in [4.69, 9.17) is 10.4 Å². The van der Waals surface area contributed by atoms with Gasteiger partial charge in [-0.2, -0.15) is 5.26 Å². The van der Waals surface area contributed by atoms with Crippen LogP contribution in [-0.4, -0.2) is 41.0 Å². The number of anilines is 1. The van der Waals surface area contributed by atoms with E-state index < -0.39 is 11.5 Å². The highest BCUT2D eigenvalue weighted by molar-refractivity contribution is 5.90. The van der Waals surface area contributed by atoms with Gasteiger partial charge in [0.15, 0.2) is 0 Å². The number of likely N-dealkylation sites (N-methyl/N-ethyl adjacent to an activating group) is 1. The summed E-state index contributed by atoms with van der Waals surface area (Å²) in [5.41, 5.74) is 0.115. The van der Waals surface area contributed by atoms with Crippen molar-refractivity contribution in [2.75, 3.05) is 18.9 Å². The Hall–Kier alpha value is -2.39. The molecule has 1 aromatic carbocycles. The van der Waals surface area contributed by atoms with Crippen molar-refractivity contribution in [2.45, 2.75) is 25.8 Å². The zero-order valence-corrected chi connectivity index (χ0v) is 12.4. The van der Waals surface area contributed by atoms with Crippen LogP contribution in [0.15, 0.2) is 24.3 Å². The van der Waals surface area contributed by atoms with E-state index in [1.54, 1.807) is 50.1 Å². The second-order valence-electron chi connectivity index (χ2n) is 5.27. The molecule has 0 aliphatic rings. The molecule has 0 heterocycles. The third-order valence-electron chi connectivity index (χ3n) is 3.45. The normalized spacial score (nSPS) is 11.0. The number of hydrogen-bond acceptors (Lipinski definition) is 4. The summed E-state index contributed by atoms with van der Waals surface area (Å²) >= 11 is 0. The molecule has 0 aliphatic carbocycles. The zero-order chi connectivity index (χ0) is 16.0. The lowest BCUT2D eigenvalue weighted by Crippen LogP contribution is -2.48. The summed E-state index contributed by atoms with van der Waals surface area (Å²) in [6.45, 7) is 3.52. The topological polar surface area (TPSA) is 93.4 Å². The molecule has 1 rings (SSSR count). The zero-order valence-electron chi connectivity index (χ0n) is 12.4. The SMILES string of the molecule is CN(CCC(=O)Nc1ccc(C#N)cc1)C(C)(C)C(=O)O. The predicted molar refractivity (Wildman–Crippen MR) is 78.7 cm³/mol. The molecule has 0 saturated carbocycles. The van der Waals surface area contributed by atoms with Crippen LogP contribution in [0.2, 0.25) is 0 Å². The number of nitrogens with one attached hydrogen (secondary N) is 1. The highest BCUT2D eigenvalue weighted by atomic mass is 16.4. The first kappa shape index (κ1) is 16.7. The monoisotopic (exact) mass is 289 g/mol. The third kappa shape index (κ3) is 4.58.